The summed E-state index contributed by atoms with van der Waals surface area (Å²) >= 11 is 4.79. The van der Waals surface area contributed by atoms with Crippen molar-refractivity contribution in [1.82, 2.24) is 4.98 Å². The molecule has 0 spiro atoms. The lowest BCUT2D eigenvalue weighted by Crippen LogP contribution is -2.18. The van der Waals surface area contributed by atoms with Gasteiger partial charge in [0.05, 0.1) is 6.61 Å². The first-order valence-electron chi connectivity index (χ1n) is 6.68. The molecule has 1 atom stereocenters. The number of rotatable bonds is 7. The molecule has 0 unspecified atom stereocenters. The second-order valence-corrected chi connectivity index (χ2v) is 6.13. The largest absolute Gasteiger partial charge is 0.488 e. The van der Waals surface area contributed by atoms with Crippen LogP contribution in [0.15, 0.2) is 29.8 Å². The maximum atomic E-state index is 12.3. The number of benzene rings is 1. The van der Waals surface area contributed by atoms with Crippen molar-refractivity contribution in [3.63, 3.8) is 0 Å². The van der Waals surface area contributed by atoms with Crippen molar-refractivity contribution in [2.45, 2.75) is 18.4 Å². The standard InChI is InChI=1S/C15H17BrN2O3S/c1-10(9-20-2)21-13-6-11(8-16)5-12(7-13)14(19)18-15-17-3-4-22-15/h3-7,10H,8-9H2,1-2H3,(H,17,18,19)/t10-/m0/s1. The van der Waals surface area contributed by atoms with Crippen molar-refractivity contribution >= 4 is 38.3 Å². The van der Waals surface area contributed by atoms with E-state index in [-0.39, 0.29) is 12.0 Å². The van der Waals surface area contributed by atoms with Gasteiger partial charge in [-0.25, -0.2) is 4.98 Å². The molecule has 0 aliphatic heterocycles. The highest BCUT2D eigenvalue weighted by molar-refractivity contribution is 9.08. The molecule has 1 heterocycles. The number of aromatic nitrogens is 1. The van der Waals surface area contributed by atoms with E-state index in [9.17, 15) is 4.79 Å². The van der Waals surface area contributed by atoms with Crippen molar-refractivity contribution in [2.24, 2.45) is 0 Å². The number of halogens is 1. The van der Waals surface area contributed by atoms with Crippen LogP contribution in [-0.4, -0.2) is 30.7 Å². The van der Waals surface area contributed by atoms with Crippen LogP contribution in [0.1, 0.15) is 22.8 Å². The van der Waals surface area contributed by atoms with Crippen LogP contribution in [0.3, 0.4) is 0 Å². The first-order valence-corrected chi connectivity index (χ1v) is 8.69. The molecule has 1 N–H and O–H groups in total. The highest BCUT2D eigenvalue weighted by Gasteiger charge is 2.12. The van der Waals surface area contributed by atoms with Crippen LogP contribution in [0, 0.1) is 0 Å². The van der Waals surface area contributed by atoms with Gasteiger partial charge in [0.2, 0.25) is 0 Å². The van der Waals surface area contributed by atoms with Crippen LogP contribution >= 0.6 is 27.3 Å². The molecule has 1 aromatic carbocycles. The van der Waals surface area contributed by atoms with Gasteiger partial charge in [0.1, 0.15) is 11.9 Å². The summed E-state index contributed by atoms with van der Waals surface area (Å²) in [4.78, 5) is 16.4. The van der Waals surface area contributed by atoms with Crippen LogP contribution in [0.2, 0.25) is 0 Å². The van der Waals surface area contributed by atoms with E-state index in [1.807, 2.05) is 24.4 Å². The second kappa shape index (κ2) is 8.26. The summed E-state index contributed by atoms with van der Waals surface area (Å²) in [7, 11) is 1.63. The summed E-state index contributed by atoms with van der Waals surface area (Å²) in [5, 5.41) is 5.79. The summed E-state index contributed by atoms with van der Waals surface area (Å²) < 4.78 is 10.8. The fraction of sp³-hybridized carbons (Fsp3) is 0.333. The number of hydrogen-bond acceptors (Lipinski definition) is 5. The molecule has 0 bridgehead atoms. The number of carbonyl (C=O) groups is 1. The summed E-state index contributed by atoms with van der Waals surface area (Å²) in [5.74, 6) is 0.438. The molecule has 1 amide bonds. The Bertz CT molecular complexity index is 619. The van der Waals surface area contributed by atoms with Gasteiger partial charge in [-0.2, -0.15) is 0 Å². The van der Waals surface area contributed by atoms with Crippen molar-refractivity contribution in [3.05, 3.63) is 40.9 Å². The third-order valence-electron chi connectivity index (χ3n) is 2.77. The first-order chi connectivity index (χ1) is 10.6. The number of nitrogens with one attached hydrogen (secondary N) is 1. The number of amides is 1. The van der Waals surface area contributed by atoms with Gasteiger partial charge in [0.25, 0.3) is 5.91 Å². The normalized spacial score (nSPS) is 12.0. The minimum atomic E-state index is -0.206. The fourth-order valence-electron chi connectivity index (χ4n) is 1.89. The van der Waals surface area contributed by atoms with E-state index in [0.717, 1.165) is 5.56 Å². The quantitative estimate of drug-likeness (QED) is 0.739. The third-order valence-corrected chi connectivity index (χ3v) is 4.11. The summed E-state index contributed by atoms with van der Waals surface area (Å²) in [6.45, 7) is 2.40. The number of alkyl halides is 1. The molecule has 7 heteroatoms. The minimum Gasteiger partial charge on any atom is -0.488 e. The number of methoxy groups -OCH3 is 1. The van der Waals surface area contributed by atoms with Gasteiger partial charge < -0.3 is 9.47 Å². The van der Waals surface area contributed by atoms with Crippen LogP contribution < -0.4 is 10.1 Å². The fourth-order valence-corrected chi connectivity index (χ4v) is 2.74. The Morgan fingerprint density at radius 3 is 2.91 bits per heavy atom. The molecule has 0 saturated heterocycles. The lowest BCUT2D eigenvalue weighted by atomic mass is 10.1. The predicted molar refractivity (Wildman–Crippen MR) is 91.1 cm³/mol. The van der Waals surface area contributed by atoms with E-state index >= 15 is 0 Å². The Hall–Kier alpha value is -1.44. The number of hydrogen-bond donors (Lipinski definition) is 1. The first kappa shape index (κ1) is 16.9. The van der Waals surface area contributed by atoms with E-state index < -0.39 is 0 Å². The van der Waals surface area contributed by atoms with Gasteiger partial charge >= 0.3 is 0 Å². The van der Waals surface area contributed by atoms with Crippen molar-refractivity contribution in [1.29, 1.82) is 0 Å². The Morgan fingerprint density at radius 2 is 2.27 bits per heavy atom. The molecule has 2 rings (SSSR count). The van der Waals surface area contributed by atoms with Gasteiger partial charge in [0.15, 0.2) is 5.13 Å². The highest BCUT2D eigenvalue weighted by Crippen LogP contribution is 2.22. The zero-order chi connectivity index (χ0) is 15.9. The maximum absolute atomic E-state index is 12.3. The average Bonchev–Trinajstić information content (AvgIpc) is 3.00. The van der Waals surface area contributed by atoms with Gasteiger partial charge in [-0.05, 0) is 30.7 Å². The molecular weight excluding hydrogens is 368 g/mol. The molecule has 118 valence electrons. The summed E-state index contributed by atoms with van der Waals surface area (Å²) in [6, 6.07) is 5.45. The van der Waals surface area contributed by atoms with Crippen molar-refractivity contribution in [2.75, 3.05) is 19.0 Å². The zero-order valence-electron chi connectivity index (χ0n) is 12.3. The molecule has 0 aliphatic rings. The summed E-state index contributed by atoms with van der Waals surface area (Å²) in [6.07, 6.45) is 1.56. The van der Waals surface area contributed by atoms with Gasteiger partial charge in [-0.15, -0.1) is 11.3 Å². The van der Waals surface area contributed by atoms with Crippen LogP contribution in [-0.2, 0) is 10.1 Å². The molecule has 22 heavy (non-hydrogen) atoms. The number of ether oxygens (including phenoxy) is 2. The van der Waals surface area contributed by atoms with Crippen molar-refractivity contribution < 1.29 is 14.3 Å². The monoisotopic (exact) mass is 384 g/mol. The Labute approximate surface area is 141 Å². The molecule has 1 aromatic heterocycles. The predicted octanol–water partition coefficient (Wildman–Crippen LogP) is 3.70. The maximum Gasteiger partial charge on any atom is 0.257 e. The SMILES string of the molecule is COC[C@H](C)Oc1cc(CBr)cc(C(=O)Nc2nccs2)c1. The van der Waals surface area contributed by atoms with E-state index in [4.69, 9.17) is 9.47 Å². The lowest BCUT2D eigenvalue weighted by Gasteiger charge is -2.15. The van der Waals surface area contributed by atoms with Gasteiger partial charge in [-0.1, -0.05) is 15.9 Å². The molecule has 2 aromatic rings. The topological polar surface area (TPSA) is 60.5 Å². The van der Waals surface area contributed by atoms with E-state index in [1.54, 1.807) is 19.4 Å². The van der Waals surface area contributed by atoms with E-state index in [2.05, 4.69) is 26.2 Å². The molecule has 5 nitrogen and oxygen atoms in total. The number of carbonyl (C=O) groups excluding carboxylic acids is 1. The van der Waals surface area contributed by atoms with Gasteiger partial charge in [-0.3, -0.25) is 10.1 Å². The lowest BCUT2D eigenvalue weighted by molar-refractivity contribution is 0.0917. The number of nitrogens with zero attached hydrogens (tertiary/aromatic N) is 1. The van der Waals surface area contributed by atoms with Gasteiger partial charge in [0, 0.05) is 29.6 Å². The Kier molecular flexibility index (Phi) is 6.35. The van der Waals surface area contributed by atoms with Crippen molar-refractivity contribution in [3.8, 4) is 5.75 Å². The summed E-state index contributed by atoms with van der Waals surface area (Å²) in [5.41, 5.74) is 1.50. The molecule has 0 fully saturated rings. The van der Waals surface area contributed by atoms with Crippen LogP contribution in [0.4, 0.5) is 5.13 Å². The molecule has 0 radical (unpaired) electrons. The highest BCUT2D eigenvalue weighted by atomic mass is 79.9. The average molecular weight is 385 g/mol. The molecule has 0 saturated carbocycles. The number of anilines is 1. The Morgan fingerprint density at radius 1 is 1.45 bits per heavy atom. The Balaban J connectivity index is 2.17. The molecule has 0 aliphatic carbocycles. The smallest absolute Gasteiger partial charge is 0.257 e. The minimum absolute atomic E-state index is 0.0922. The zero-order valence-corrected chi connectivity index (χ0v) is 14.7. The van der Waals surface area contributed by atoms with E-state index in [1.165, 1.54) is 11.3 Å². The van der Waals surface area contributed by atoms with Crippen LogP contribution in [0.5, 0.6) is 5.75 Å². The van der Waals surface area contributed by atoms with Crippen LogP contribution in [0.25, 0.3) is 0 Å². The van der Waals surface area contributed by atoms with E-state index in [0.29, 0.717) is 28.4 Å². The second-order valence-electron chi connectivity index (χ2n) is 4.67. The molecular formula is C15H17BrN2O3S. The number of thiazole rings is 1. The third kappa shape index (κ3) is 4.79.